The SMILES string of the molecule is CCCOCc1noc(CCC2CCCCN2)n1. The van der Waals surface area contributed by atoms with Gasteiger partial charge in [0.1, 0.15) is 6.61 Å². The quantitative estimate of drug-likeness (QED) is 0.754. The van der Waals surface area contributed by atoms with Crippen LogP contribution in [-0.4, -0.2) is 29.3 Å². The largest absolute Gasteiger partial charge is 0.373 e. The third-order valence-electron chi connectivity index (χ3n) is 3.21. The summed E-state index contributed by atoms with van der Waals surface area (Å²) in [6.07, 6.45) is 6.85. The second-order valence-electron chi connectivity index (χ2n) is 4.84. The molecule has 5 nitrogen and oxygen atoms in total. The second kappa shape index (κ2) is 7.48. The molecule has 2 rings (SSSR count). The van der Waals surface area contributed by atoms with Crippen LogP contribution in [0.4, 0.5) is 0 Å². The van der Waals surface area contributed by atoms with E-state index in [1.807, 2.05) is 0 Å². The Labute approximate surface area is 108 Å². The number of rotatable bonds is 7. The van der Waals surface area contributed by atoms with Gasteiger partial charge in [0.25, 0.3) is 0 Å². The molecule has 1 aromatic rings. The van der Waals surface area contributed by atoms with Gasteiger partial charge in [0.2, 0.25) is 5.89 Å². The fourth-order valence-electron chi connectivity index (χ4n) is 2.23. The van der Waals surface area contributed by atoms with E-state index in [4.69, 9.17) is 9.26 Å². The summed E-state index contributed by atoms with van der Waals surface area (Å²) in [5, 5.41) is 7.44. The average Bonchev–Trinajstić information content (AvgIpc) is 2.86. The van der Waals surface area contributed by atoms with Crippen LogP contribution in [0.5, 0.6) is 0 Å². The van der Waals surface area contributed by atoms with Crippen molar-refractivity contribution in [3.8, 4) is 0 Å². The van der Waals surface area contributed by atoms with Crippen molar-refractivity contribution in [3.05, 3.63) is 11.7 Å². The minimum absolute atomic E-state index is 0.457. The standard InChI is InChI=1S/C13H23N3O2/c1-2-9-17-10-12-15-13(18-16-12)7-6-11-5-3-4-8-14-11/h11,14H,2-10H2,1H3. The van der Waals surface area contributed by atoms with Gasteiger partial charge in [-0.2, -0.15) is 4.98 Å². The van der Waals surface area contributed by atoms with Gasteiger partial charge in [0.05, 0.1) is 0 Å². The summed E-state index contributed by atoms with van der Waals surface area (Å²) >= 11 is 0. The highest BCUT2D eigenvalue weighted by Gasteiger charge is 2.14. The van der Waals surface area contributed by atoms with Gasteiger partial charge in [-0.15, -0.1) is 0 Å². The monoisotopic (exact) mass is 253 g/mol. The van der Waals surface area contributed by atoms with Gasteiger partial charge < -0.3 is 14.6 Å². The first kappa shape index (κ1) is 13.5. The minimum Gasteiger partial charge on any atom is -0.373 e. The molecule has 0 saturated carbocycles. The lowest BCUT2D eigenvalue weighted by molar-refractivity contribution is 0.114. The molecule has 0 radical (unpaired) electrons. The highest BCUT2D eigenvalue weighted by Crippen LogP contribution is 2.12. The van der Waals surface area contributed by atoms with Crippen molar-refractivity contribution >= 4 is 0 Å². The summed E-state index contributed by atoms with van der Waals surface area (Å²) < 4.78 is 10.6. The normalized spacial score (nSPS) is 20.2. The first-order valence-electron chi connectivity index (χ1n) is 7.01. The molecule has 0 aromatic carbocycles. The van der Waals surface area contributed by atoms with Crippen LogP contribution in [-0.2, 0) is 17.8 Å². The van der Waals surface area contributed by atoms with Crippen LogP contribution < -0.4 is 5.32 Å². The summed E-state index contributed by atoms with van der Waals surface area (Å²) in [4.78, 5) is 4.34. The highest BCUT2D eigenvalue weighted by atomic mass is 16.5. The minimum atomic E-state index is 0.457. The molecule has 0 spiro atoms. The number of piperidine rings is 1. The number of nitrogens with one attached hydrogen (secondary N) is 1. The lowest BCUT2D eigenvalue weighted by Gasteiger charge is -2.22. The van der Waals surface area contributed by atoms with E-state index in [9.17, 15) is 0 Å². The van der Waals surface area contributed by atoms with E-state index in [0.717, 1.165) is 38.3 Å². The van der Waals surface area contributed by atoms with E-state index in [1.54, 1.807) is 0 Å². The Morgan fingerprint density at radius 2 is 2.39 bits per heavy atom. The van der Waals surface area contributed by atoms with Gasteiger partial charge in [-0.1, -0.05) is 18.5 Å². The van der Waals surface area contributed by atoms with Crippen molar-refractivity contribution in [2.45, 2.75) is 58.1 Å². The van der Waals surface area contributed by atoms with E-state index in [-0.39, 0.29) is 0 Å². The molecule has 102 valence electrons. The third kappa shape index (κ3) is 4.38. The van der Waals surface area contributed by atoms with E-state index in [2.05, 4.69) is 22.4 Å². The molecule has 5 heteroatoms. The molecule has 1 aromatic heterocycles. The van der Waals surface area contributed by atoms with E-state index >= 15 is 0 Å². The zero-order valence-electron chi connectivity index (χ0n) is 11.2. The predicted octanol–water partition coefficient (Wildman–Crippen LogP) is 2.07. The van der Waals surface area contributed by atoms with Gasteiger partial charge >= 0.3 is 0 Å². The van der Waals surface area contributed by atoms with Crippen LogP contribution >= 0.6 is 0 Å². The van der Waals surface area contributed by atoms with E-state index in [0.29, 0.717) is 18.5 Å². The van der Waals surface area contributed by atoms with E-state index < -0.39 is 0 Å². The zero-order chi connectivity index (χ0) is 12.6. The number of aryl methyl sites for hydroxylation is 1. The van der Waals surface area contributed by atoms with Gasteiger partial charge in [-0.05, 0) is 32.2 Å². The fraction of sp³-hybridized carbons (Fsp3) is 0.846. The van der Waals surface area contributed by atoms with Crippen molar-refractivity contribution in [2.24, 2.45) is 0 Å². The first-order valence-corrected chi connectivity index (χ1v) is 7.01. The average molecular weight is 253 g/mol. The number of ether oxygens (including phenoxy) is 1. The molecule has 1 aliphatic heterocycles. The number of nitrogens with zero attached hydrogens (tertiary/aromatic N) is 2. The molecule has 1 N–H and O–H groups in total. The number of aromatic nitrogens is 2. The summed E-state index contributed by atoms with van der Waals surface area (Å²) in [5.74, 6) is 1.40. The van der Waals surface area contributed by atoms with Crippen molar-refractivity contribution in [2.75, 3.05) is 13.2 Å². The van der Waals surface area contributed by atoms with Gasteiger partial charge in [0.15, 0.2) is 5.82 Å². The Hall–Kier alpha value is -0.940. The molecule has 0 amide bonds. The van der Waals surface area contributed by atoms with Crippen LogP contribution in [0.2, 0.25) is 0 Å². The number of hydrogen-bond donors (Lipinski definition) is 1. The summed E-state index contributed by atoms with van der Waals surface area (Å²) in [6.45, 7) is 4.43. The Morgan fingerprint density at radius 3 is 3.17 bits per heavy atom. The molecule has 1 saturated heterocycles. The van der Waals surface area contributed by atoms with Gasteiger partial charge in [0, 0.05) is 19.1 Å². The Kier molecular flexibility index (Phi) is 5.61. The molecule has 1 unspecified atom stereocenters. The lowest BCUT2D eigenvalue weighted by atomic mass is 10.0. The fourth-order valence-corrected chi connectivity index (χ4v) is 2.23. The maximum absolute atomic E-state index is 5.38. The first-order chi connectivity index (χ1) is 8.88. The molecule has 18 heavy (non-hydrogen) atoms. The summed E-state index contributed by atoms with van der Waals surface area (Å²) in [6, 6.07) is 0.616. The van der Waals surface area contributed by atoms with Crippen molar-refractivity contribution < 1.29 is 9.26 Å². The molecule has 0 bridgehead atoms. The smallest absolute Gasteiger partial charge is 0.226 e. The topological polar surface area (TPSA) is 60.2 Å². The van der Waals surface area contributed by atoms with Crippen LogP contribution in [0.3, 0.4) is 0 Å². The molecule has 1 fully saturated rings. The second-order valence-corrected chi connectivity index (χ2v) is 4.84. The van der Waals surface area contributed by atoms with Crippen molar-refractivity contribution in [3.63, 3.8) is 0 Å². The van der Waals surface area contributed by atoms with E-state index in [1.165, 1.54) is 19.3 Å². The Balaban J connectivity index is 1.69. The number of hydrogen-bond acceptors (Lipinski definition) is 5. The maximum atomic E-state index is 5.38. The molecular weight excluding hydrogens is 230 g/mol. The van der Waals surface area contributed by atoms with Gasteiger partial charge in [-0.3, -0.25) is 0 Å². The summed E-state index contributed by atoms with van der Waals surface area (Å²) in [7, 11) is 0. The van der Waals surface area contributed by atoms with Gasteiger partial charge in [-0.25, -0.2) is 0 Å². The van der Waals surface area contributed by atoms with Crippen molar-refractivity contribution in [1.82, 2.24) is 15.5 Å². The zero-order valence-corrected chi connectivity index (χ0v) is 11.2. The third-order valence-corrected chi connectivity index (χ3v) is 3.21. The van der Waals surface area contributed by atoms with Crippen LogP contribution in [0.25, 0.3) is 0 Å². The molecular formula is C13H23N3O2. The molecule has 2 heterocycles. The maximum Gasteiger partial charge on any atom is 0.226 e. The van der Waals surface area contributed by atoms with Crippen LogP contribution in [0.15, 0.2) is 4.52 Å². The molecule has 1 aliphatic rings. The Bertz CT molecular complexity index is 335. The summed E-state index contributed by atoms with van der Waals surface area (Å²) in [5.41, 5.74) is 0. The van der Waals surface area contributed by atoms with Crippen LogP contribution in [0, 0.1) is 0 Å². The highest BCUT2D eigenvalue weighted by molar-refractivity contribution is 4.86. The molecule has 0 aliphatic carbocycles. The lowest BCUT2D eigenvalue weighted by Crippen LogP contribution is -2.34. The predicted molar refractivity (Wildman–Crippen MR) is 68.2 cm³/mol. The molecule has 1 atom stereocenters. The van der Waals surface area contributed by atoms with Crippen molar-refractivity contribution in [1.29, 1.82) is 0 Å². The van der Waals surface area contributed by atoms with Crippen LogP contribution in [0.1, 0.15) is 50.7 Å². The Morgan fingerprint density at radius 1 is 1.44 bits per heavy atom.